The number of aliphatic hydroxyl groups is 1. The van der Waals surface area contributed by atoms with Gasteiger partial charge in [0.05, 0.1) is 20.3 Å². The van der Waals surface area contributed by atoms with Crippen molar-refractivity contribution < 1.29 is 14.6 Å². The van der Waals surface area contributed by atoms with Crippen LogP contribution in [0.1, 0.15) is 18.4 Å². The lowest BCUT2D eigenvalue weighted by Gasteiger charge is -2.08. The molecule has 1 fully saturated rings. The molecule has 1 N–H and O–H groups in total. The van der Waals surface area contributed by atoms with Gasteiger partial charge in [-0.25, -0.2) is 0 Å². The van der Waals surface area contributed by atoms with Gasteiger partial charge in [0, 0.05) is 0 Å². The Morgan fingerprint density at radius 1 is 1.24 bits per heavy atom. The first-order valence-electron chi connectivity index (χ1n) is 5.83. The van der Waals surface area contributed by atoms with Gasteiger partial charge in [-0.1, -0.05) is 18.2 Å². The average molecular weight is 234 g/mol. The summed E-state index contributed by atoms with van der Waals surface area (Å²) < 4.78 is 10.4. The van der Waals surface area contributed by atoms with Crippen LogP contribution in [0.4, 0.5) is 0 Å². The van der Waals surface area contributed by atoms with Crippen molar-refractivity contribution in [1.82, 2.24) is 0 Å². The number of rotatable bonds is 5. The molecule has 0 bridgehead atoms. The number of hydrogen-bond acceptors (Lipinski definition) is 3. The van der Waals surface area contributed by atoms with E-state index in [1.807, 2.05) is 30.4 Å². The minimum absolute atomic E-state index is 0.317. The van der Waals surface area contributed by atoms with Crippen molar-refractivity contribution in [1.29, 1.82) is 0 Å². The summed E-state index contributed by atoms with van der Waals surface area (Å²) in [4.78, 5) is 0. The molecule has 1 atom stereocenters. The Balaban J connectivity index is 2.10. The molecule has 0 radical (unpaired) electrons. The molecule has 0 heterocycles. The lowest BCUT2D eigenvalue weighted by Crippen LogP contribution is -2.03. The van der Waals surface area contributed by atoms with Gasteiger partial charge >= 0.3 is 0 Å². The number of hydrogen-bond donors (Lipinski definition) is 1. The largest absolute Gasteiger partial charge is 0.493 e. The first kappa shape index (κ1) is 12.0. The zero-order valence-corrected chi connectivity index (χ0v) is 10.2. The third-order valence-corrected chi connectivity index (χ3v) is 3.00. The lowest BCUT2D eigenvalue weighted by molar-refractivity contribution is 0.200. The summed E-state index contributed by atoms with van der Waals surface area (Å²) >= 11 is 0. The van der Waals surface area contributed by atoms with Crippen molar-refractivity contribution >= 4 is 6.08 Å². The quantitative estimate of drug-likeness (QED) is 0.850. The molecule has 17 heavy (non-hydrogen) atoms. The Morgan fingerprint density at radius 2 is 1.94 bits per heavy atom. The highest BCUT2D eigenvalue weighted by Crippen LogP contribution is 2.33. The number of aliphatic hydroxyl groups excluding tert-OH is 1. The van der Waals surface area contributed by atoms with Gasteiger partial charge in [0.25, 0.3) is 0 Å². The third-order valence-electron chi connectivity index (χ3n) is 3.00. The summed E-state index contributed by atoms with van der Waals surface area (Å²) in [6.07, 6.45) is 5.72. The molecule has 1 aliphatic carbocycles. The Morgan fingerprint density at radius 3 is 2.53 bits per heavy atom. The summed E-state index contributed by atoms with van der Waals surface area (Å²) in [5.74, 6) is 1.88. The van der Waals surface area contributed by atoms with Crippen LogP contribution in [-0.2, 0) is 0 Å². The van der Waals surface area contributed by atoms with E-state index in [0.29, 0.717) is 17.4 Å². The fraction of sp³-hybridized carbons (Fsp3) is 0.429. The zero-order valence-electron chi connectivity index (χ0n) is 10.2. The van der Waals surface area contributed by atoms with Crippen molar-refractivity contribution in [2.45, 2.75) is 18.9 Å². The molecule has 0 aromatic heterocycles. The van der Waals surface area contributed by atoms with E-state index in [1.165, 1.54) is 0 Å². The average Bonchev–Trinajstić information content (AvgIpc) is 3.19. The molecule has 0 aliphatic heterocycles. The molecular formula is C14H18O3. The van der Waals surface area contributed by atoms with Crippen LogP contribution in [0.25, 0.3) is 6.08 Å². The molecule has 0 saturated heterocycles. The Bertz CT molecular complexity index is 408. The molecule has 0 spiro atoms. The van der Waals surface area contributed by atoms with Crippen LogP contribution in [0.3, 0.4) is 0 Å². The van der Waals surface area contributed by atoms with Crippen LogP contribution in [0.5, 0.6) is 11.5 Å². The van der Waals surface area contributed by atoms with E-state index in [9.17, 15) is 5.11 Å². The SMILES string of the molecule is COc1ccc(C=CC(O)C2CC2)cc1OC. The molecule has 0 amide bonds. The van der Waals surface area contributed by atoms with Crippen LogP contribution < -0.4 is 9.47 Å². The summed E-state index contributed by atoms with van der Waals surface area (Å²) in [5, 5.41) is 9.73. The molecule has 1 aromatic carbocycles. The predicted molar refractivity (Wildman–Crippen MR) is 67.3 cm³/mol. The smallest absolute Gasteiger partial charge is 0.161 e. The van der Waals surface area contributed by atoms with Crippen LogP contribution in [0.15, 0.2) is 24.3 Å². The van der Waals surface area contributed by atoms with Gasteiger partial charge in [-0.15, -0.1) is 0 Å². The third kappa shape index (κ3) is 3.01. The maximum Gasteiger partial charge on any atom is 0.161 e. The van der Waals surface area contributed by atoms with Gasteiger partial charge in [0.2, 0.25) is 0 Å². The van der Waals surface area contributed by atoms with Crippen molar-refractivity contribution in [3.8, 4) is 11.5 Å². The minimum Gasteiger partial charge on any atom is -0.493 e. The van der Waals surface area contributed by atoms with Gasteiger partial charge < -0.3 is 14.6 Å². The van der Waals surface area contributed by atoms with E-state index in [4.69, 9.17) is 9.47 Å². The molecule has 1 aliphatic rings. The van der Waals surface area contributed by atoms with Crippen molar-refractivity contribution in [3.63, 3.8) is 0 Å². The Hall–Kier alpha value is -1.48. The van der Waals surface area contributed by atoms with Crippen molar-refractivity contribution in [2.75, 3.05) is 14.2 Å². The number of benzene rings is 1. The van der Waals surface area contributed by atoms with Gasteiger partial charge in [-0.2, -0.15) is 0 Å². The molecule has 3 heteroatoms. The summed E-state index contributed by atoms with van der Waals surface area (Å²) in [6, 6.07) is 5.70. The maximum atomic E-state index is 9.73. The monoisotopic (exact) mass is 234 g/mol. The summed E-state index contributed by atoms with van der Waals surface area (Å²) in [6.45, 7) is 0. The van der Waals surface area contributed by atoms with Crippen molar-refractivity contribution in [2.24, 2.45) is 5.92 Å². The maximum absolute atomic E-state index is 9.73. The van der Waals surface area contributed by atoms with Gasteiger partial charge in [0.1, 0.15) is 0 Å². The Kier molecular flexibility index (Phi) is 3.69. The Labute approximate surface area is 102 Å². The van der Waals surface area contributed by atoms with E-state index in [1.54, 1.807) is 14.2 Å². The van der Waals surface area contributed by atoms with Crippen LogP contribution >= 0.6 is 0 Å². The van der Waals surface area contributed by atoms with Gasteiger partial charge in [-0.3, -0.25) is 0 Å². The lowest BCUT2D eigenvalue weighted by atomic mass is 10.1. The van der Waals surface area contributed by atoms with E-state index in [-0.39, 0.29) is 6.10 Å². The van der Waals surface area contributed by atoms with Crippen LogP contribution in [0, 0.1) is 5.92 Å². The van der Waals surface area contributed by atoms with Gasteiger partial charge in [0.15, 0.2) is 11.5 Å². The molecule has 1 saturated carbocycles. The second-order valence-electron chi connectivity index (χ2n) is 4.30. The van der Waals surface area contributed by atoms with Crippen LogP contribution in [-0.4, -0.2) is 25.4 Å². The highest BCUT2D eigenvalue weighted by atomic mass is 16.5. The van der Waals surface area contributed by atoms with E-state index in [0.717, 1.165) is 18.4 Å². The fourth-order valence-corrected chi connectivity index (χ4v) is 1.76. The predicted octanol–water partition coefficient (Wildman–Crippen LogP) is 2.49. The molecule has 1 aromatic rings. The first-order chi connectivity index (χ1) is 8.24. The summed E-state index contributed by atoms with van der Waals surface area (Å²) in [7, 11) is 3.23. The number of methoxy groups -OCH3 is 2. The normalized spacial score (nSPS) is 17.1. The first-order valence-corrected chi connectivity index (χ1v) is 5.83. The topological polar surface area (TPSA) is 38.7 Å². The molecule has 2 rings (SSSR count). The molecule has 3 nitrogen and oxygen atoms in total. The molecule has 92 valence electrons. The highest BCUT2D eigenvalue weighted by molar-refractivity contribution is 5.56. The zero-order chi connectivity index (χ0) is 12.3. The second kappa shape index (κ2) is 5.23. The van der Waals surface area contributed by atoms with Crippen LogP contribution in [0.2, 0.25) is 0 Å². The van der Waals surface area contributed by atoms with Crippen molar-refractivity contribution in [3.05, 3.63) is 29.8 Å². The van der Waals surface area contributed by atoms with E-state index in [2.05, 4.69) is 0 Å². The van der Waals surface area contributed by atoms with Gasteiger partial charge in [-0.05, 0) is 36.5 Å². The fourth-order valence-electron chi connectivity index (χ4n) is 1.76. The molecular weight excluding hydrogens is 216 g/mol. The second-order valence-corrected chi connectivity index (χ2v) is 4.30. The summed E-state index contributed by atoms with van der Waals surface area (Å²) in [5.41, 5.74) is 1.00. The minimum atomic E-state index is -0.317. The van der Waals surface area contributed by atoms with E-state index < -0.39 is 0 Å². The molecule has 1 unspecified atom stereocenters. The standard InChI is InChI=1S/C14H18O3/c1-16-13-8-4-10(9-14(13)17-2)3-7-12(15)11-5-6-11/h3-4,7-9,11-12,15H,5-6H2,1-2H3. The number of ether oxygens (including phenoxy) is 2. The van der Waals surface area contributed by atoms with E-state index >= 15 is 0 Å². The highest BCUT2D eigenvalue weighted by Gasteiger charge is 2.27.